The summed E-state index contributed by atoms with van der Waals surface area (Å²) in [5.74, 6) is -12.7. The monoisotopic (exact) mass is 498 g/mol. The molecule has 36 heavy (non-hydrogen) atoms. The van der Waals surface area contributed by atoms with Crippen molar-refractivity contribution in [1.29, 1.82) is 0 Å². The van der Waals surface area contributed by atoms with Crippen molar-refractivity contribution in [2.24, 2.45) is 5.92 Å². The number of alkyl halides is 4. The van der Waals surface area contributed by atoms with Crippen LogP contribution >= 0.6 is 0 Å². The third-order valence-electron chi connectivity index (χ3n) is 6.44. The first kappa shape index (κ1) is 25.1. The maximum Gasteiger partial charge on any atom is 0.331 e. The van der Waals surface area contributed by atoms with Gasteiger partial charge in [-0.15, -0.1) is 6.42 Å². The van der Waals surface area contributed by atoms with Crippen molar-refractivity contribution >= 4 is 5.97 Å². The number of hydrogen-bond donors (Lipinski definition) is 1. The van der Waals surface area contributed by atoms with E-state index in [2.05, 4.69) is 5.92 Å². The highest BCUT2D eigenvalue weighted by molar-refractivity contribution is 5.87. The van der Waals surface area contributed by atoms with Gasteiger partial charge in [-0.3, -0.25) is 4.79 Å². The molecule has 8 heteroatoms. The number of hydrogen-bond acceptors (Lipinski definition) is 3. The van der Waals surface area contributed by atoms with Gasteiger partial charge < -0.3 is 14.6 Å². The van der Waals surface area contributed by atoms with Crippen LogP contribution in [0.15, 0.2) is 78.9 Å². The molecular formula is C28H22F4O4. The van der Waals surface area contributed by atoms with E-state index in [1.807, 2.05) is 0 Å². The number of para-hydroxylation sites is 1. The second kappa shape index (κ2) is 9.23. The van der Waals surface area contributed by atoms with Crippen molar-refractivity contribution in [2.45, 2.75) is 30.1 Å². The number of halogens is 4. The Hall–Kier alpha value is -3.99. The fraction of sp³-hybridized carbons (Fsp3) is 0.250. The lowest BCUT2D eigenvalue weighted by Crippen LogP contribution is -2.80. The van der Waals surface area contributed by atoms with Crippen molar-refractivity contribution in [3.63, 3.8) is 0 Å². The van der Waals surface area contributed by atoms with E-state index in [-0.39, 0.29) is 23.7 Å². The Morgan fingerprint density at radius 2 is 1.61 bits per heavy atom. The van der Waals surface area contributed by atoms with Crippen LogP contribution in [0.2, 0.25) is 0 Å². The first-order valence-electron chi connectivity index (χ1n) is 11.1. The number of terminal acetylenes is 1. The molecule has 0 bridgehead atoms. The molecule has 3 aromatic rings. The summed E-state index contributed by atoms with van der Waals surface area (Å²) >= 11 is 0. The summed E-state index contributed by atoms with van der Waals surface area (Å²) in [5, 5.41) is 10.1. The molecule has 4 nitrogen and oxygen atoms in total. The first-order chi connectivity index (χ1) is 17.1. The van der Waals surface area contributed by atoms with Crippen LogP contribution in [0.1, 0.15) is 24.0 Å². The molecular weight excluding hydrogens is 476 g/mol. The number of benzene rings is 3. The maximum absolute atomic E-state index is 15.2. The van der Waals surface area contributed by atoms with Crippen LogP contribution in [-0.2, 0) is 10.2 Å². The third-order valence-corrected chi connectivity index (χ3v) is 6.44. The molecule has 3 unspecified atom stereocenters. The van der Waals surface area contributed by atoms with Crippen LogP contribution in [0, 0.1) is 18.3 Å². The molecule has 0 heterocycles. The van der Waals surface area contributed by atoms with E-state index in [1.54, 1.807) is 43.3 Å². The minimum atomic E-state index is -4.91. The summed E-state index contributed by atoms with van der Waals surface area (Å²) in [6.45, 7) is 1.98. The van der Waals surface area contributed by atoms with Crippen molar-refractivity contribution in [3.05, 3.63) is 90.0 Å². The van der Waals surface area contributed by atoms with E-state index in [0.717, 1.165) is 12.1 Å². The van der Waals surface area contributed by atoms with Gasteiger partial charge in [0.15, 0.2) is 5.41 Å². The summed E-state index contributed by atoms with van der Waals surface area (Å²) in [4.78, 5) is 12.5. The number of carboxylic acids is 1. The Bertz CT molecular complexity index is 1280. The highest BCUT2D eigenvalue weighted by Crippen LogP contribution is 2.71. The summed E-state index contributed by atoms with van der Waals surface area (Å²) in [6, 6.07) is 19.0. The largest absolute Gasteiger partial charge is 0.494 e. The highest BCUT2D eigenvalue weighted by atomic mass is 19.3. The SMILES string of the molecule is C#CC(c1cccc(Oc2ccccc2)c1)C1C(F)(F)C(F)(F)C1(C(=O)O)c1ccc(OCC)cc1. The lowest BCUT2D eigenvalue weighted by Gasteiger charge is -2.59. The Kier molecular flexibility index (Phi) is 6.44. The Balaban J connectivity index is 1.81. The minimum Gasteiger partial charge on any atom is -0.494 e. The Morgan fingerprint density at radius 3 is 2.19 bits per heavy atom. The van der Waals surface area contributed by atoms with E-state index in [4.69, 9.17) is 15.9 Å². The van der Waals surface area contributed by atoms with Crippen LogP contribution in [0.25, 0.3) is 0 Å². The van der Waals surface area contributed by atoms with Crippen molar-refractivity contribution in [1.82, 2.24) is 0 Å². The summed E-state index contributed by atoms with van der Waals surface area (Å²) in [7, 11) is 0. The molecule has 4 rings (SSSR count). The summed E-state index contributed by atoms with van der Waals surface area (Å²) in [6.07, 6.45) is 5.61. The van der Waals surface area contributed by atoms with Crippen LogP contribution in [0.4, 0.5) is 17.6 Å². The van der Waals surface area contributed by atoms with Gasteiger partial charge in [0.05, 0.1) is 18.4 Å². The molecule has 0 radical (unpaired) electrons. The molecule has 0 aliphatic heterocycles. The van der Waals surface area contributed by atoms with Crippen molar-refractivity contribution in [3.8, 4) is 29.6 Å². The van der Waals surface area contributed by atoms with Gasteiger partial charge in [-0.2, -0.15) is 17.6 Å². The van der Waals surface area contributed by atoms with Gasteiger partial charge in [0.1, 0.15) is 17.2 Å². The second-order valence-electron chi connectivity index (χ2n) is 8.38. The van der Waals surface area contributed by atoms with E-state index in [1.165, 1.54) is 30.3 Å². The van der Waals surface area contributed by atoms with Crippen LogP contribution in [0.3, 0.4) is 0 Å². The predicted molar refractivity (Wildman–Crippen MR) is 125 cm³/mol. The minimum absolute atomic E-state index is 0.0580. The molecule has 3 atom stereocenters. The first-order valence-corrected chi connectivity index (χ1v) is 11.1. The molecule has 0 aromatic heterocycles. The average molecular weight is 498 g/mol. The standard InChI is InChI=1S/C28H22F4O4/c1-3-23(18-9-8-12-22(17-18)36-21-10-6-5-7-11-21)24-26(25(33)34,28(31,32)27(24,29)30)19-13-15-20(16-14-19)35-4-2/h1,5-17,23-24H,4H2,2H3,(H,33,34). The fourth-order valence-corrected chi connectivity index (χ4v) is 4.82. The molecule has 1 aliphatic rings. The lowest BCUT2D eigenvalue weighted by molar-refractivity contribution is -0.362. The van der Waals surface area contributed by atoms with Crippen LogP contribution in [-0.4, -0.2) is 29.5 Å². The molecule has 0 amide bonds. The Morgan fingerprint density at radius 1 is 0.972 bits per heavy atom. The molecule has 1 aliphatic carbocycles. The van der Waals surface area contributed by atoms with Gasteiger partial charge in [0, 0.05) is 0 Å². The maximum atomic E-state index is 15.2. The molecule has 1 fully saturated rings. The highest BCUT2D eigenvalue weighted by Gasteiger charge is 2.91. The predicted octanol–water partition coefficient (Wildman–Crippen LogP) is 6.52. The topological polar surface area (TPSA) is 55.8 Å². The van der Waals surface area contributed by atoms with Gasteiger partial charge in [-0.05, 0) is 54.4 Å². The van der Waals surface area contributed by atoms with E-state index >= 15 is 17.6 Å². The Labute approximate surface area is 205 Å². The van der Waals surface area contributed by atoms with E-state index < -0.39 is 40.6 Å². The van der Waals surface area contributed by atoms with Gasteiger partial charge >= 0.3 is 17.8 Å². The number of rotatable bonds is 8. The summed E-state index contributed by atoms with van der Waals surface area (Å²) < 4.78 is 71.6. The third kappa shape index (κ3) is 3.67. The molecule has 0 spiro atoms. The fourth-order valence-electron chi connectivity index (χ4n) is 4.82. The number of carbonyl (C=O) groups is 1. The van der Waals surface area contributed by atoms with Gasteiger partial charge in [-0.1, -0.05) is 48.4 Å². The van der Waals surface area contributed by atoms with Gasteiger partial charge in [0.25, 0.3) is 0 Å². The van der Waals surface area contributed by atoms with Crippen LogP contribution < -0.4 is 9.47 Å². The normalized spacial score (nSPS) is 22.5. The van der Waals surface area contributed by atoms with Gasteiger partial charge in [-0.25, -0.2) is 0 Å². The number of ether oxygens (including phenoxy) is 2. The number of aliphatic carboxylic acids is 1. The van der Waals surface area contributed by atoms with Gasteiger partial charge in [0.2, 0.25) is 0 Å². The molecule has 0 saturated heterocycles. The average Bonchev–Trinajstić information content (AvgIpc) is 2.85. The van der Waals surface area contributed by atoms with Crippen LogP contribution in [0.5, 0.6) is 17.2 Å². The van der Waals surface area contributed by atoms with Crippen molar-refractivity contribution in [2.75, 3.05) is 6.61 Å². The summed E-state index contributed by atoms with van der Waals surface area (Å²) in [5.41, 5.74) is -3.70. The molecule has 1 saturated carbocycles. The zero-order chi connectivity index (χ0) is 26.1. The zero-order valence-corrected chi connectivity index (χ0v) is 19.1. The number of carboxylic acid groups (broad SMARTS) is 1. The molecule has 1 N–H and O–H groups in total. The molecule has 3 aromatic carbocycles. The lowest BCUT2D eigenvalue weighted by atomic mass is 9.47. The zero-order valence-electron chi connectivity index (χ0n) is 19.1. The quantitative estimate of drug-likeness (QED) is 0.284. The van der Waals surface area contributed by atoms with Crippen molar-refractivity contribution < 1.29 is 36.9 Å². The van der Waals surface area contributed by atoms with E-state index in [9.17, 15) is 9.90 Å². The van der Waals surface area contributed by atoms with E-state index in [0.29, 0.717) is 5.75 Å². The smallest absolute Gasteiger partial charge is 0.331 e. The molecule has 186 valence electrons. The second-order valence-corrected chi connectivity index (χ2v) is 8.38.